The highest BCUT2D eigenvalue weighted by Gasteiger charge is 2.11. The summed E-state index contributed by atoms with van der Waals surface area (Å²) in [7, 11) is 0. The molecule has 1 atom stereocenters. The van der Waals surface area contributed by atoms with Gasteiger partial charge in [0.2, 0.25) is 0 Å². The highest BCUT2D eigenvalue weighted by atomic mass is 15.3. The lowest BCUT2D eigenvalue weighted by Gasteiger charge is -2.16. The molecule has 0 spiro atoms. The fourth-order valence-electron chi connectivity index (χ4n) is 1.45. The second-order valence-electron chi connectivity index (χ2n) is 4.22. The molecule has 0 amide bonds. The summed E-state index contributed by atoms with van der Waals surface area (Å²) in [6.07, 6.45) is 3.96. The van der Waals surface area contributed by atoms with E-state index in [0.717, 1.165) is 13.1 Å². The van der Waals surface area contributed by atoms with Gasteiger partial charge in [0.15, 0.2) is 0 Å². The monoisotopic (exact) mass is 210 g/mol. The molecule has 1 unspecified atom stereocenters. The van der Waals surface area contributed by atoms with E-state index in [2.05, 4.69) is 37.4 Å². The van der Waals surface area contributed by atoms with Crippen LogP contribution in [0.4, 0.5) is 0 Å². The van der Waals surface area contributed by atoms with E-state index in [9.17, 15) is 0 Å². The van der Waals surface area contributed by atoms with Crippen molar-refractivity contribution in [2.24, 2.45) is 11.7 Å². The molecule has 0 fully saturated rings. The molecule has 1 rings (SSSR count). The number of aryl methyl sites for hydroxylation is 1. The molecule has 0 aromatic carbocycles. The van der Waals surface area contributed by atoms with Gasteiger partial charge in [-0.3, -0.25) is 4.68 Å². The maximum Gasteiger partial charge on any atom is 0.0538 e. The molecule has 3 N–H and O–H groups in total. The molecule has 15 heavy (non-hydrogen) atoms. The third-order valence-corrected chi connectivity index (χ3v) is 2.39. The zero-order valence-electron chi connectivity index (χ0n) is 9.90. The topological polar surface area (TPSA) is 55.9 Å². The first-order chi connectivity index (χ1) is 7.17. The van der Waals surface area contributed by atoms with Gasteiger partial charge in [0.1, 0.15) is 0 Å². The van der Waals surface area contributed by atoms with Crippen molar-refractivity contribution in [2.75, 3.05) is 13.1 Å². The zero-order chi connectivity index (χ0) is 11.3. The Bertz CT molecular complexity index is 280. The number of hydrogen-bond donors (Lipinski definition) is 2. The van der Waals surface area contributed by atoms with Crippen LogP contribution in [-0.2, 0) is 6.54 Å². The summed E-state index contributed by atoms with van der Waals surface area (Å²) in [6.45, 7) is 8.96. The molecular weight excluding hydrogens is 188 g/mol. The van der Waals surface area contributed by atoms with Gasteiger partial charge in [0.05, 0.1) is 6.20 Å². The Morgan fingerprint density at radius 3 is 2.73 bits per heavy atom. The molecular formula is C11H22N4. The molecule has 4 heteroatoms. The Balaban J connectivity index is 2.57. The molecule has 0 aliphatic rings. The average Bonchev–Trinajstić information content (AvgIpc) is 2.67. The normalized spacial score (nSPS) is 13.4. The first-order valence-corrected chi connectivity index (χ1v) is 5.63. The largest absolute Gasteiger partial charge is 0.329 e. The average molecular weight is 210 g/mol. The third kappa shape index (κ3) is 3.64. The summed E-state index contributed by atoms with van der Waals surface area (Å²) in [4.78, 5) is 0. The van der Waals surface area contributed by atoms with Gasteiger partial charge in [-0.25, -0.2) is 0 Å². The molecule has 0 aliphatic heterocycles. The second kappa shape index (κ2) is 5.88. The lowest BCUT2D eigenvalue weighted by Crippen LogP contribution is -2.30. The Kier molecular flexibility index (Phi) is 4.78. The minimum absolute atomic E-state index is 0.229. The van der Waals surface area contributed by atoms with Crippen molar-refractivity contribution in [2.45, 2.75) is 33.4 Å². The Morgan fingerprint density at radius 2 is 2.27 bits per heavy atom. The number of aromatic nitrogens is 2. The third-order valence-electron chi connectivity index (χ3n) is 2.39. The van der Waals surface area contributed by atoms with Gasteiger partial charge in [-0.2, -0.15) is 5.10 Å². The predicted octanol–water partition coefficient (Wildman–Crippen LogP) is 1.15. The summed E-state index contributed by atoms with van der Waals surface area (Å²) in [5.74, 6) is 0.639. The fourth-order valence-corrected chi connectivity index (χ4v) is 1.45. The van der Waals surface area contributed by atoms with Gasteiger partial charge in [-0.15, -0.1) is 0 Å². The van der Waals surface area contributed by atoms with E-state index in [1.807, 2.05) is 10.9 Å². The van der Waals surface area contributed by atoms with E-state index < -0.39 is 0 Å². The van der Waals surface area contributed by atoms with Crippen molar-refractivity contribution in [3.8, 4) is 0 Å². The number of nitrogens with two attached hydrogens (primary N) is 1. The molecule has 1 heterocycles. The first-order valence-electron chi connectivity index (χ1n) is 5.63. The molecule has 0 aliphatic carbocycles. The fraction of sp³-hybridized carbons (Fsp3) is 0.727. The molecule has 0 saturated heterocycles. The van der Waals surface area contributed by atoms with Crippen LogP contribution in [-0.4, -0.2) is 22.9 Å². The van der Waals surface area contributed by atoms with E-state index in [4.69, 9.17) is 5.73 Å². The van der Waals surface area contributed by atoms with Crippen molar-refractivity contribution >= 4 is 0 Å². The van der Waals surface area contributed by atoms with Gasteiger partial charge in [0.25, 0.3) is 0 Å². The Hall–Kier alpha value is -0.870. The van der Waals surface area contributed by atoms with Gasteiger partial charge >= 0.3 is 0 Å². The van der Waals surface area contributed by atoms with Crippen LogP contribution < -0.4 is 11.1 Å². The van der Waals surface area contributed by atoms with Crippen LogP contribution in [0, 0.1) is 5.92 Å². The van der Waals surface area contributed by atoms with E-state index in [0.29, 0.717) is 12.5 Å². The summed E-state index contributed by atoms with van der Waals surface area (Å²) in [5.41, 5.74) is 6.92. The quantitative estimate of drug-likeness (QED) is 0.740. The first kappa shape index (κ1) is 12.2. The minimum Gasteiger partial charge on any atom is -0.329 e. The molecule has 1 aromatic heterocycles. The van der Waals surface area contributed by atoms with Crippen LogP contribution in [0.3, 0.4) is 0 Å². The van der Waals surface area contributed by atoms with Gasteiger partial charge in [0, 0.05) is 30.9 Å². The van der Waals surface area contributed by atoms with Crippen LogP contribution in [0.1, 0.15) is 32.4 Å². The number of hydrogen-bond acceptors (Lipinski definition) is 3. The minimum atomic E-state index is 0.229. The SMILES string of the molecule is CCn1cc(C(CN)NCC(C)C)cn1. The van der Waals surface area contributed by atoms with E-state index in [-0.39, 0.29) is 6.04 Å². The number of nitrogens with one attached hydrogen (secondary N) is 1. The van der Waals surface area contributed by atoms with Crippen molar-refractivity contribution in [3.63, 3.8) is 0 Å². The highest BCUT2D eigenvalue weighted by molar-refractivity contribution is 5.10. The standard InChI is InChI=1S/C11H22N4/c1-4-15-8-10(7-14-15)11(5-12)13-6-9(2)3/h7-9,11,13H,4-6,12H2,1-3H3. The maximum absolute atomic E-state index is 5.74. The molecule has 0 saturated carbocycles. The van der Waals surface area contributed by atoms with Gasteiger partial charge < -0.3 is 11.1 Å². The van der Waals surface area contributed by atoms with Crippen LogP contribution in [0.5, 0.6) is 0 Å². The Labute approximate surface area is 91.8 Å². The summed E-state index contributed by atoms with van der Waals surface area (Å²) in [6, 6.07) is 0.229. The highest BCUT2D eigenvalue weighted by Crippen LogP contribution is 2.10. The second-order valence-corrected chi connectivity index (χ2v) is 4.22. The van der Waals surface area contributed by atoms with E-state index in [1.165, 1.54) is 5.56 Å². The van der Waals surface area contributed by atoms with E-state index >= 15 is 0 Å². The van der Waals surface area contributed by atoms with Crippen LogP contribution in [0.2, 0.25) is 0 Å². The zero-order valence-corrected chi connectivity index (χ0v) is 9.90. The lowest BCUT2D eigenvalue weighted by molar-refractivity contribution is 0.478. The van der Waals surface area contributed by atoms with Gasteiger partial charge in [-0.1, -0.05) is 13.8 Å². The summed E-state index contributed by atoms with van der Waals surface area (Å²) in [5, 5.41) is 7.70. The molecule has 86 valence electrons. The smallest absolute Gasteiger partial charge is 0.0538 e. The van der Waals surface area contributed by atoms with E-state index in [1.54, 1.807) is 0 Å². The molecule has 4 nitrogen and oxygen atoms in total. The van der Waals surface area contributed by atoms with Crippen LogP contribution in [0.15, 0.2) is 12.4 Å². The summed E-state index contributed by atoms with van der Waals surface area (Å²) < 4.78 is 1.93. The number of rotatable bonds is 6. The lowest BCUT2D eigenvalue weighted by atomic mass is 10.1. The predicted molar refractivity (Wildman–Crippen MR) is 62.5 cm³/mol. The van der Waals surface area contributed by atoms with Crippen molar-refractivity contribution in [1.29, 1.82) is 0 Å². The molecule has 0 bridgehead atoms. The van der Waals surface area contributed by atoms with Crippen LogP contribution in [0.25, 0.3) is 0 Å². The Morgan fingerprint density at radius 1 is 1.53 bits per heavy atom. The summed E-state index contributed by atoms with van der Waals surface area (Å²) >= 11 is 0. The van der Waals surface area contributed by atoms with Crippen molar-refractivity contribution < 1.29 is 0 Å². The van der Waals surface area contributed by atoms with Gasteiger partial charge in [-0.05, 0) is 19.4 Å². The number of nitrogens with zero attached hydrogens (tertiary/aromatic N) is 2. The molecule has 1 aromatic rings. The maximum atomic E-state index is 5.74. The van der Waals surface area contributed by atoms with Crippen LogP contribution >= 0.6 is 0 Å². The van der Waals surface area contributed by atoms with Crippen molar-refractivity contribution in [3.05, 3.63) is 18.0 Å². The molecule has 0 radical (unpaired) electrons. The van der Waals surface area contributed by atoms with Crippen molar-refractivity contribution in [1.82, 2.24) is 15.1 Å².